The van der Waals surface area contributed by atoms with Crippen LogP contribution in [0, 0.1) is 0 Å². The molecule has 2 amide bonds. The van der Waals surface area contributed by atoms with E-state index in [4.69, 9.17) is 10.5 Å². The van der Waals surface area contributed by atoms with Crippen LogP contribution in [0.1, 0.15) is 38.2 Å². The Balaban J connectivity index is 2.45. The molecule has 0 aliphatic rings. The number of nitrogens with two attached hydrogens (primary N) is 1. The van der Waals surface area contributed by atoms with Crippen molar-refractivity contribution in [3.8, 4) is 11.5 Å². The van der Waals surface area contributed by atoms with Crippen molar-refractivity contribution in [2.45, 2.75) is 45.3 Å². The Hall–Kier alpha value is -2.81. The van der Waals surface area contributed by atoms with Crippen LogP contribution >= 0.6 is 0 Å². The summed E-state index contributed by atoms with van der Waals surface area (Å²) in [7, 11) is 0. The lowest BCUT2D eigenvalue weighted by Gasteiger charge is -2.19. The third kappa shape index (κ3) is 9.45. The van der Waals surface area contributed by atoms with Crippen molar-refractivity contribution in [3.05, 3.63) is 23.8 Å². The molecule has 0 aromatic heterocycles. The Labute approximate surface area is 157 Å². The highest BCUT2D eigenvalue weighted by atomic mass is 16.6. The SMILES string of the molecule is CC(=O)OC(CCCCNC(=O)CCN)NC(=O)Cc1ccc(O)cc1O. The number of carbonyl (C=O) groups excluding carboxylic acids is 3. The van der Waals surface area contributed by atoms with Gasteiger partial charge in [0.1, 0.15) is 11.5 Å². The summed E-state index contributed by atoms with van der Waals surface area (Å²) in [5.74, 6) is -1.37. The molecular formula is C18H27N3O6. The molecule has 150 valence electrons. The molecule has 0 bridgehead atoms. The second-order valence-corrected chi connectivity index (χ2v) is 6.04. The fraction of sp³-hybridized carbons (Fsp3) is 0.500. The van der Waals surface area contributed by atoms with Gasteiger partial charge in [-0.3, -0.25) is 14.4 Å². The van der Waals surface area contributed by atoms with Crippen LogP contribution in [0.15, 0.2) is 18.2 Å². The molecule has 0 fully saturated rings. The predicted octanol–water partition coefficient (Wildman–Crippen LogP) is 0.281. The van der Waals surface area contributed by atoms with E-state index < -0.39 is 18.1 Å². The maximum Gasteiger partial charge on any atom is 0.304 e. The lowest BCUT2D eigenvalue weighted by Crippen LogP contribution is -2.39. The minimum Gasteiger partial charge on any atom is -0.508 e. The van der Waals surface area contributed by atoms with Gasteiger partial charge >= 0.3 is 5.97 Å². The number of hydrogen-bond donors (Lipinski definition) is 5. The average Bonchev–Trinajstić information content (AvgIpc) is 2.56. The first-order valence-electron chi connectivity index (χ1n) is 8.76. The summed E-state index contributed by atoms with van der Waals surface area (Å²) in [6, 6.07) is 3.95. The molecule has 27 heavy (non-hydrogen) atoms. The monoisotopic (exact) mass is 381 g/mol. The molecule has 9 heteroatoms. The van der Waals surface area contributed by atoms with Crippen molar-refractivity contribution in [1.29, 1.82) is 0 Å². The van der Waals surface area contributed by atoms with Gasteiger partial charge in [0.05, 0.1) is 6.42 Å². The van der Waals surface area contributed by atoms with Crippen molar-refractivity contribution in [1.82, 2.24) is 10.6 Å². The number of ether oxygens (including phenoxy) is 1. The molecule has 0 radical (unpaired) electrons. The van der Waals surface area contributed by atoms with E-state index in [0.29, 0.717) is 37.9 Å². The van der Waals surface area contributed by atoms with E-state index in [1.54, 1.807) is 0 Å². The first-order valence-corrected chi connectivity index (χ1v) is 8.76. The molecular weight excluding hydrogens is 354 g/mol. The van der Waals surface area contributed by atoms with E-state index in [9.17, 15) is 24.6 Å². The molecule has 6 N–H and O–H groups in total. The summed E-state index contributed by atoms with van der Waals surface area (Å²) in [6.45, 7) is 2.02. The molecule has 1 atom stereocenters. The molecule has 0 saturated carbocycles. The van der Waals surface area contributed by atoms with Crippen molar-refractivity contribution >= 4 is 17.8 Å². The standard InChI is InChI=1S/C18H27N3O6/c1-12(22)27-18(4-2-3-9-20-16(25)7-8-19)21-17(26)10-13-5-6-14(23)11-15(13)24/h5-6,11,18,23-24H,2-4,7-10,19H2,1H3,(H,20,25)(H,21,26). The van der Waals surface area contributed by atoms with Gasteiger partial charge in [0, 0.05) is 44.5 Å². The Kier molecular flexibility index (Phi) is 9.66. The Morgan fingerprint density at radius 1 is 1.19 bits per heavy atom. The molecule has 1 aromatic rings. The van der Waals surface area contributed by atoms with Gasteiger partial charge in [-0.15, -0.1) is 0 Å². The van der Waals surface area contributed by atoms with Crippen LogP contribution in [0.4, 0.5) is 0 Å². The van der Waals surface area contributed by atoms with E-state index in [1.807, 2.05) is 0 Å². The van der Waals surface area contributed by atoms with Crippen LogP contribution in [-0.4, -0.2) is 47.3 Å². The normalized spacial score (nSPS) is 11.5. The Bertz CT molecular complexity index is 650. The molecule has 1 unspecified atom stereocenters. The van der Waals surface area contributed by atoms with Crippen molar-refractivity contribution in [3.63, 3.8) is 0 Å². The van der Waals surface area contributed by atoms with Crippen molar-refractivity contribution < 1.29 is 29.3 Å². The molecule has 0 heterocycles. The topological polar surface area (TPSA) is 151 Å². The minimum atomic E-state index is -0.797. The number of benzene rings is 1. The molecule has 0 aliphatic carbocycles. The average molecular weight is 381 g/mol. The highest BCUT2D eigenvalue weighted by Crippen LogP contribution is 2.22. The number of nitrogens with one attached hydrogen (secondary N) is 2. The fourth-order valence-corrected chi connectivity index (χ4v) is 2.37. The lowest BCUT2D eigenvalue weighted by molar-refractivity contribution is -0.150. The molecule has 0 saturated heterocycles. The fourth-order valence-electron chi connectivity index (χ4n) is 2.37. The Morgan fingerprint density at radius 3 is 2.56 bits per heavy atom. The van der Waals surface area contributed by atoms with Gasteiger partial charge in [0.2, 0.25) is 11.8 Å². The Morgan fingerprint density at radius 2 is 1.93 bits per heavy atom. The van der Waals surface area contributed by atoms with Crippen LogP contribution in [0.5, 0.6) is 11.5 Å². The van der Waals surface area contributed by atoms with E-state index in [1.165, 1.54) is 19.1 Å². The summed E-state index contributed by atoms with van der Waals surface area (Å²) in [5.41, 5.74) is 5.63. The molecule has 0 spiro atoms. The van der Waals surface area contributed by atoms with Crippen LogP contribution < -0.4 is 16.4 Å². The number of phenols is 2. The number of carbonyl (C=O) groups is 3. The maximum absolute atomic E-state index is 12.1. The van der Waals surface area contributed by atoms with Gasteiger partial charge < -0.3 is 31.3 Å². The second kappa shape index (κ2) is 11.7. The number of esters is 1. The van der Waals surface area contributed by atoms with Gasteiger partial charge in [-0.25, -0.2) is 0 Å². The van der Waals surface area contributed by atoms with Gasteiger partial charge in [0.25, 0.3) is 0 Å². The van der Waals surface area contributed by atoms with E-state index in [-0.39, 0.29) is 30.2 Å². The van der Waals surface area contributed by atoms with E-state index >= 15 is 0 Å². The summed E-state index contributed by atoms with van der Waals surface area (Å²) in [4.78, 5) is 34.7. The highest BCUT2D eigenvalue weighted by molar-refractivity contribution is 5.80. The van der Waals surface area contributed by atoms with Gasteiger partial charge in [-0.1, -0.05) is 6.07 Å². The first-order chi connectivity index (χ1) is 12.8. The second-order valence-electron chi connectivity index (χ2n) is 6.04. The van der Waals surface area contributed by atoms with Gasteiger partial charge in [-0.2, -0.15) is 0 Å². The van der Waals surface area contributed by atoms with Crippen LogP contribution in [0.25, 0.3) is 0 Å². The summed E-state index contributed by atoms with van der Waals surface area (Å²) in [6.07, 6.45) is 1.01. The quantitative estimate of drug-likeness (QED) is 0.210. The largest absolute Gasteiger partial charge is 0.508 e. The number of phenolic OH excluding ortho intramolecular Hbond substituents is 2. The molecule has 1 aromatic carbocycles. The maximum atomic E-state index is 12.1. The van der Waals surface area contributed by atoms with Crippen LogP contribution in [0.3, 0.4) is 0 Å². The van der Waals surface area contributed by atoms with Gasteiger partial charge in [0.15, 0.2) is 6.23 Å². The smallest absolute Gasteiger partial charge is 0.304 e. The summed E-state index contributed by atoms with van der Waals surface area (Å²) in [5, 5.41) is 24.3. The number of amides is 2. The first kappa shape index (κ1) is 22.2. The number of rotatable bonds is 11. The zero-order valence-electron chi connectivity index (χ0n) is 15.4. The predicted molar refractivity (Wildman–Crippen MR) is 97.7 cm³/mol. The number of aromatic hydroxyl groups is 2. The third-order valence-corrected chi connectivity index (χ3v) is 3.64. The van der Waals surface area contributed by atoms with E-state index in [0.717, 1.165) is 6.07 Å². The molecule has 0 aliphatic heterocycles. The summed E-state index contributed by atoms with van der Waals surface area (Å²) < 4.78 is 5.10. The summed E-state index contributed by atoms with van der Waals surface area (Å²) >= 11 is 0. The molecule has 9 nitrogen and oxygen atoms in total. The molecule has 1 rings (SSSR count). The zero-order valence-corrected chi connectivity index (χ0v) is 15.4. The van der Waals surface area contributed by atoms with Crippen LogP contribution in [-0.2, 0) is 25.5 Å². The zero-order chi connectivity index (χ0) is 20.2. The minimum absolute atomic E-state index is 0.104. The number of hydrogen-bond acceptors (Lipinski definition) is 7. The van der Waals surface area contributed by atoms with Crippen molar-refractivity contribution in [2.24, 2.45) is 5.73 Å². The third-order valence-electron chi connectivity index (χ3n) is 3.64. The van der Waals surface area contributed by atoms with Gasteiger partial charge in [-0.05, 0) is 18.9 Å². The van der Waals surface area contributed by atoms with Crippen LogP contribution in [0.2, 0.25) is 0 Å². The number of unbranched alkanes of at least 4 members (excludes halogenated alkanes) is 1. The van der Waals surface area contributed by atoms with E-state index in [2.05, 4.69) is 10.6 Å². The highest BCUT2D eigenvalue weighted by Gasteiger charge is 2.16. The van der Waals surface area contributed by atoms with Crippen molar-refractivity contribution in [2.75, 3.05) is 13.1 Å². The lowest BCUT2D eigenvalue weighted by atomic mass is 10.1.